The molecule has 30 heavy (non-hydrogen) atoms. The van der Waals surface area contributed by atoms with Crippen LogP contribution in [0, 0.1) is 6.92 Å². The molecule has 0 atom stereocenters. The van der Waals surface area contributed by atoms with E-state index in [1.165, 1.54) is 10.6 Å². The molecule has 2 heterocycles. The summed E-state index contributed by atoms with van der Waals surface area (Å²) in [5.74, 6) is -0.494. The maximum absolute atomic E-state index is 13.0. The van der Waals surface area contributed by atoms with Gasteiger partial charge in [0.05, 0.1) is 24.3 Å². The summed E-state index contributed by atoms with van der Waals surface area (Å²) in [4.78, 5) is 40.2. The normalized spacial score (nSPS) is 14.0. The van der Waals surface area contributed by atoms with Crippen molar-refractivity contribution in [2.75, 3.05) is 31.6 Å². The lowest BCUT2D eigenvalue weighted by Gasteiger charge is -2.27. The third-order valence-electron chi connectivity index (χ3n) is 5.27. The van der Waals surface area contributed by atoms with Crippen molar-refractivity contribution in [3.63, 3.8) is 0 Å². The molecule has 154 valence electrons. The van der Waals surface area contributed by atoms with E-state index in [0.29, 0.717) is 48.5 Å². The number of nitrogens with zero attached hydrogens (tertiary/aromatic N) is 2. The fraction of sp³-hybridized carbons (Fsp3) is 0.261. The number of carbonyl (C=O) groups excluding carboxylic acids is 2. The highest BCUT2D eigenvalue weighted by atomic mass is 16.5. The van der Waals surface area contributed by atoms with Crippen molar-refractivity contribution in [2.45, 2.75) is 13.5 Å². The number of aromatic nitrogens is 1. The fourth-order valence-electron chi connectivity index (χ4n) is 3.66. The van der Waals surface area contributed by atoms with Gasteiger partial charge in [0, 0.05) is 30.2 Å². The van der Waals surface area contributed by atoms with E-state index in [1.807, 2.05) is 37.3 Å². The summed E-state index contributed by atoms with van der Waals surface area (Å²) in [5.41, 5.74) is 2.17. The minimum Gasteiger partial charge on any atom is -0.378 e. The van der Waals surface area contributed by atoms with Crippen LogP contribution < -0.4 is 10.9 Å². The van der Waals surface area contributed by atoms with Crippen LogP contribution in [0.2, 0.25) is 0 Å². The average molecular weight is 405 g/mol. The van der Waals surface area contributed by atoms with Gasteiger partial charge in [-0.2, -0.15) is 0 Å². The highest BCUT2D eigenvalue weighted by molar-refractivity contribution is 6.06. The monoisotopic (exact) mass is 405 g/mol. The summed E-state index contributed by atoms with van der Waals surface area (Å²) in [6.07, 6.45) is 0. The minimum atomic E-state index is -0.384. The zero-order chi connectivity index (χ0) is 21.1. The molecule has 0 bridgehead atoms. The average Bonchev–Trinajstić information content (AvgIpc) is 2.77. The maximum Gasteiger partial charge on any atom is 0.254 e. The number of benzene rings is 2. The van der Waals surface area contributed by atoms with Gasteiger partial charge in [-0.15, -0.1) is 0 Å². The standard InChI is InChI=1S/C23H23N3O4/c1-16-6-2-4-8-19(16)24-21(27)15-26-20-9-5-3-7-17(20)18(14-22(26)28)23(29)25-10-12-30-13-11-25/h2-9,14H,10-13,15H2,1H3,(H,24,27). The van der Waals surface area contributed by atoms with Gasteiger partial charge in [0.1, 0.15) is 6.54 Å². The first-order chi connectivity index (χ1) is 14.5. The zero-order valence-electron chi connectivity index (χ0n) is 16.8. The van der Waals surface area contributed by atoms with Crippen molar-refractivity contribution < 1.29 is 14.3 Å². The van der Waals surface area contributed by atoms with Gasteiger partial charge in [-0.3, -0.25) is 19.0 Å². The number of para-hydroxylation sites is 2. The largest absolute Gasteiger partial charge is 0.378 e. The molecule has 0 aliphatic carbocycles. The van der Waals surface area contributed by atoms with E-state index in [4.69, 9.17) is 4.74 Å². The molecule has 0 unspecified atom stereocenters. The lowest BCUT2D eigenvalue weighted by atomic mass is 10.1. The molecule has 2 amide bonds. The molecule has 1 aliphatic heterocycles. The predicted octanol–water partition coefficient (Wildman–Crippen LogP) is 2.42. The predicted molar refractivity (Wildman–Crippen MR) is 115 cm³/mol. The van der Waals surface area contributed by atoms with Crippen LogP contribution in [0.1, 0.15) is 15.9 Å². The highest BCUT2D eigenvalue weighted by Crippen LogP contribution is 2.20. The Bertz CT molecular complexity index is 1160. The Hall–Kier alpha value is -3.45. The van der Waals surface area contributed by atoms with Crippen molar-refractivity contribution in [1.82, 2.24) is 9.47 Å². The molecule has 4 rings (SSSR count). The first kappa shape index (κ1) is 19.8. The molecule has 1 aliphatic rings. The van der Waals surface area contributed by atoms with Crippen LogP contribution in [-0.4, -0.2) is 47.6 Å². The van der Waals surface area contributed by atoms with Crippen molar-refractivity contribution in [2.24, 2.45) is 0 Å². The third-order valence-corrected chi connectivity index (χ3v) is 5.27. The van der Waals surface area contributed by atoms with Crippen molar-refractivity contribution in [3.8, 4) is 0 Å². The summed E-state index contributed by atoms with van der Waals surface area (Å²) in [6, 6.07) is 16.0. The smallest absolute Gasteiger partial charge is 0.254 e. The number of nitrogens with one attached hydrogen (secondary N) is 1. The molecular formula is C23H23N3O4. The number of ether oxygens (including phenoxy) is 1. The van der Waals surface area contributed by atoms with E-state index < -0.39 is 0 Å². The Labute approximate surface area is 173 Å². The van der Waals surface area contributed by atoms with E-state index in [0.717, 1.165) is 5.56 Å². The van der Waals surface area contributed by atoms with Crippen LogP contribution in [-0.2, 0) is 16.1 Å². The Morgan fingerprint density at radius 1 is 1.03 bits per heavy atom. The minimum absolute atomic E-state index is 0.139. The molecule has 2 aromatic carbocycles. The van der Waals surface area contributed by atoms with Gasteiger partial charge < -0.3 is 15.0 Å². The number of carbonyl (C=O) groups is 2. The van der Waals surface area contributed by atoms with E-state index >= 15 is 0 Å². The zero-order valence-corrected chi connectivity index (χ0v) is 16.8. The summed E-state index contributed by atoms with van der Waals surface area (Å²) in [5, 5.41) is 3.50. The van der Waals surface area contributed by atoms with Crippen molar-refractivity contribution in [3.05, 3.63) is 76.1 Å². The van der Waals surface area contributed by atoms with Crippen molar-refractivity contribution >= 4 is 28.4 Å². The number of rotatable bonds is 4. The van der Waals surface area contributed by atoms with E-state index in [1.54, 1.807) is 23.1 Å². The maximum atomic E-state index is 13.0. The van der Waals surface area contributed by atoms with Gasteiger partial charge in [0.15, 0.2) is 0 Å². The summed E-state index contributed by atoms with van der Waals surface area (Å²) in [6.45, 7) is 3.73. The Kier molecular flexibility index (Phi) is 5.63. The highest BCUT2D eigenvalue weighted by Gasteiger charge is 2.22. The molecule has 3 aromatic rings. The van der Waals surface area contributed by atoms with E-state index in [9.17, 15) is 14.4 Å². The Morgan fingerprint density at radius 2 is 1.73 bits per heavy atom. The topological polar surface area (TPSA) is 80.6 Å². The van der Waals surface area contributed by atoms with Crippen LogP contribution in [0.15, 0.2) is 59.4 Å². The number of hydrogen-bond acceptors (Lipinski definition) is 4. The molecule has 1 aromatic heterocycles. The Balaban J connectivity index is 1.67. The molecule has 0 spiro atoms. The number of anilines is 1. The summed E-state index contributed by atoms with van der Waals surface area (Å²) in [7, 11) is 0. The van der Waals surface area contributed by atoms with E-state index in [-0.39, 0.29) is 23.9 Å². The number of amides is 2. The van der Waals surface area contributed by atoms with Crippen LogP contribution in [0.5, 0.6) is 0 Å². The molecular weight excluding hydrogens is 382 g/mol. The molecule has 1 saturated heterocycles. The van der Waals surface area contributed by atoms with Gasteiger partial charge >= 0.3 is 0 Å². The number of pyridine rings is 1. The lowest BCUT2D eigenvalue weighted by molar-refractivity contribution is -0.116. The van der Waals surface area contributed by atoms with Crippen LogP contribution >= 0.6 is 0 Å². The molecule has 1 fully saturated rings. The molecule has 0 radical (unpaired) electrons. The Morgan fingerprint density at radius 3 is 2.50 bits per heavy atom. The van der Waals surface area contributed by atoms with Gasteiger partial charge in [-0.1, -0.05) is 36.4 Å². The van der Waals surface area contributed by atoms with Gasteiger partial charge in [-0.05, 0) is 24.6 Å². The van der Waals surface area contributed by atoms with Crippen LogP contribution in [0.3, 0.4) is 0 Å². The molecule has 0 saturated carbocycles. The van der Waals surface area contributed by atoms with Crippen molar-refractivity contribution in [1.29, 1.82) is 0 Å². The molecule has 7 heteroatoms. The molecule has 7 nitrogen and oxygen atoms in total. The number of fused-ring (bicyclic) bond motifs is 1. The third kappa shape index (κ3) is 3.97. The number of aryl methyl sites for hydroxylation is 1. The second-order valence-corrected chi connectivity index (χ2v) is 7.27. The molecule has 1 N–H and O–H groups in total. The number of hydrogen-bond donors (Lipinski definition) is 1. The first-order valence-corrected chi connectivity index (χ1v) is 9.89. The van der Waals surface area contributed by atoms with Gasteiger partial charge in [0.2, 0.25) is 5.91 Å². The van der Waals surface area contributed by atoms with Crippen LogP contribution in [0.4, 0.5) is 5.69 Å². The second kappa shape index (κ2) is 8.51. The van der Waals surface area contributed by atoms with Crippen LogP contribution in [0.25, 0.3) is 10.9 Å². The quantitative estimate of drug-likeness (QED) is 0.723. The fourth-order valence-corrected chi connectivity index (χ4v) is 3.66. The first-order valence-electron chi connectivity index (χ1n) is 9.89. The van der Waals surface area contributed by atoms with Gasteiger partial charge in [-0.25, -0.2) is 0 Å². The summed E-state index contributed by atoms with van der Waals surface area (Å²) >= 11 is 0. The lowest BCUT2D eigenvalue weighted by Crippen LogP contribution is -2.41. The summed E-state index contributed by atoms with van der Waals surface area (Å²) < 4.78 is 6.71. The second-order valence-electron chi connectivity index (χ2n) is 7.27. The van der Waals surface area contributed by atoms with Gasteiger partial charge in [0.25, 0.3) is 11.5 Å². The SMILES string of the molecule is Cc1ccccc1NC(=O)Cn1c(=O)cc(C(=O)N2CCOCC2)c2ccccc21. The van der Waals surface area contributed by atoms with E-state index in [2.05, 4.69) is 5.32 Å². The number of morpholine rings is 1.